The summed E-state index contributed by atoms with van der Waals surface area (Å²) in [6, 6.07) is 0. The van der Waals surface area contributed by atoms with Crippen molar-refractivity contribution in [2.75, 3.05) is 20.1 Å². The second kappa shape index (κ2) is 4.03. The summed E-state index contributed by atoms with van der Waals surface area (Å²) in [5.74, 6) is 0. The Kier molecular flexibility index (Phi) is 3.19. The molecule has 0 bridgehead atoms. The molecule has 0 radical (unpaired) electrons. The molecule has 2 N–H and O–H groups in total. The molecular weight excluding hydrogens is 206 g/mol. The SMILES string of the molecule is CN(CCN)S(=O)(=O)c1cnn(C)n1. The number of aryl methyl sites for hydroxylation is 1. The molecule has 1 aromatic rings. The molecule has 0 aliphatic carbocycles. The van der Waals surface area contributed by atoms with Crippen molar-refractivity contribution in [3.8, 4) is 0 Å². The number of nitrogens with zero attached hydrogens (tertiary/aromatic N) is 4. The van der Waals surface area contributed by atoms with Crippen LogP contribution in [0, 0.1) is 0 Å². The van der Waals surface area contributed by atoms with Gasteiger partial charge in [0.05, 0.1) is 6.20 Å². The summed E-state index contributed by atoms with van der Waals surface area (Å²) < 4.78 is 24.5. The molecule has 0 spiro atoms. The molecule has 80 valence electrons. The number of hydrogen-bond donors (Lipinski definition) is 1. The van der Waals surface area contributed by atoms with E-state index in [1.54, 1.807) is 7.05 Å². The Morgan fingerprint density at radius 1 is 1.64 bits per heavy atom. The first-order valence-electron chi connectivity index (χ1n) is 4.01. The molecule has 0 aliphatic heterocycles. The van der Waals surface area contributed by atoms with E-state index in [2.05, 4.69) is 10.2 Å². The zero-order valence-corrected chi connectivity index (χ0v) is 8.90. The third-order valence-electron chi connectivity index (χ3n) is 1.70. The molecule has 0 unspecified atom stereocenters. The lowest BCUT2D eigenvalue weighted by molar-refractivity contribution is 0.471. The highest BCUT2D eigenvalue weighted by Crippen LogP contribution is 2.08. The average Bonchev–Trinajstić information content (AvgIpc) is 2.52. The van der Waals surface area contributed by atoms with E-state index in [4.69, 9.17) is 5.73 Å². The van der Waals surface area contributed by atoms with Crippen LogP contribution in [0.3, 0.4) is 0 Å². The highest BCUT2D eigenvalue weighted by molar-refractivity contribution is 7.89. The van der Waals surface area contributed by atoms with Crippen LogP contribution in [0.1, 0.15) is 0 Å². The first kappa shape index (κ1) is 11.1. The molecule has 0 saturated carbocycles. The topological polar surface area (TPSA) is 94.1 Å². The van der Waals surface area contributed by atoms with Crippen molar-refractivity contribution in [1.82, 2.24) is 19.3 Å². The van der Waals surface area contributed by atoms with Crippen molar-refractivity contribution >= 4 is 10.0 Å². The lowest BCUT2D eigenvalue weighted by atomic mass is 10.7. The van der Waals surface area contributed by atoms with E-state index in [9.17, 15) is 8.42 Å². The normalized spacial score (nSPS) is 12.3. The lowest BCUT2D eigenvalue weighted by Crippen LogP contribution is -2.32. The van der Waals surface area contributed by atoms with E-state index < -0.39 is 10.0 Å². The van der Waals surface area contributed by atoms with Gasteiger partial charge in [-0.25, -0.2) is 8.42 Å². The molecule has 0 aliphatic rings. The fourth-order valence-electron chi connectivity index (χ4n) is 0.907. The van der Waals surface area contributed by atoms with Crippen molar-refractivity contribution in [2.24, 2.45) is 12.8 Å². The second-order valence-electron chi connectivity index (χ2n) is 2.79. The van der Waals surface area contributed by atoms with Gasteiger partial charge in [-0.1, -0.05) is 0 Å². The van der Waals surface area contributed by atoms with Crippen molar-refractivity contribution in [2.45, 2.75) is 5.03 Å². The van der Waals surface area contributed by atoms with Crippen LogP contribution < -0.4 is 5.73 Å². The fourth-order valence-corrected chi connectivity index (χ4v) is 1.97. The maximum Gasteiger partial charge on any atom is 0.263 e. The number of sulfonamides is 1. The Hall–Kier alpha value is -0.990. The minimum Gasteiger partial charge on any atom is -0.329 e. The zero-order chi connectivity index (χ0) is 10.8. The largest absolute Gasteiger partial charge is 0.329 e. The van der Waals surface area contributed by atoms with Gasteiger partial charge < -0.3 is 5.73 Å². The first-order chi connectivity index (χ1) is 6.48. The first-order valence-corrected chi connectivity index (χ1v) is 5.45. The van der Waals surface area contributed by atoms with Crippen LogP contribution in [-0.2, 0) is 17.1 Å². The van der Waals surface area contributed by atoms with Gasteiger partial charge in [0.1, 0.15) is 0 Å². The van der Waals surface area contributed by atoms with E-state index in [1.807, 2.05) is 0 Å². The summed E-state index contributed by atoms with van der Waals surface area (Å²) in [7, 11) is -0.509. The summed E-state index contributed by atoms with van der Waals surface area (Å²) in [5.41, 5.74) is 5.26. The number of hydrogen-bond acceptors (Lipinski definition) is 5. The Morgan fingerprint density at radius 2 is 2.29 bits per heavy atom. The van der Waals surface area contributed by atoms with E-state index in [0.717, 1.165) is 4.31 Å². The molecule has 14 heavy (non-hydrogen) atoms. The summed E-state index contributed by atoms with van der Waals surface area (Å²) in [5, 5.41) is 7.36. The van der Waals surface area contributed by atoms with Crippen molar-refractivity contribution in [1.29, 1.82) is 0 Å². The summed E-state index contributed by atoms with van der Waals surface area (Å²) in [4.78, 5) is 1.20. The van der Waals surface area contributed by atoms with Gasteiger partial charge in [-0.2, -0.15) is 14.2 Å². The minimum absolute atomic E-state index is 0.0593. The maximum absolute atomic E-state index is 11.7. The quantitative estimate of drug-likeness (QED) is 0.657. The lowest BCUT2D eigenvalue weighted by Gasteiger charge is -2.13. The van der Waals surface area contributed by atoms with E-state index >= 15 is 0 Å². The molecule has 0 aromatic carbocycles. The number of likely N-dealkylation sites (N-methyl/N-ethyl adjacent to an activating group) is 1. The Balaban J connectivity index is 2.96. The van der Waals surface area contributed by atoms with Crippen LogP contribution in [0.2, 0.25) is 0 Å². The van der Waals surface area contributed by atoms with Crippen LogP contribution in [0.25, 0.3) is 0 Å². The maximum atomic E-state index is 11.7. The van der Waals surface area contributed by atoms with Gasteiger partial charge in [-0.15, -0.1) is 5.10 Å². The smallest absolute Gasteiger partial charge is 0.263 e. The standard InChI is InChI=1S/C6H13N5O2S/c1-10(4-3-7)14(12,13)6-5-8-11(2)9-6/h5H,3-4,7H2,1-2H3. The molecule has 1 rings (SSSR count). The van der Waals surface area contributed by atoms with E-state index in [-0.39, 0.29) is 18.1 Å². The van der Waals surface area contributed by atoms with Gasteiger partial charge in [0, 0.05) is 27.2 Å². The molecule has 7 nitrogen and oxygen atoms in total. The van der Waals surface area contributed by atoms with Gasteiger partial charge >= 0.3 is 0 Å². The Bertz CT molecular complexity index is 398. The molecule has 1 aromatic heterocycles. The van der Waals surface area contributed by atoms with Gasteiger partial charge in [-0.05, 0) is 0 Å². The van der Waals surface area contributed by atoms with Crippen molar-refractivity contribution in [3.05, 3.63) is 6.20 Å². The number of rotatable bonds is 4. The summed E-state index contributed by atoms with van der Waals surface area (Å²) in [6.45, 7) is 0.537. The van der Waals surface area contributed by atoms with Crippen LogP contribution in [-0.4, -0.2) is 47.9 Å². The average molecular weight is 219 g/mol. The van der Waals surface area contributed by atoms with E-state index in [0.29, 0.717) is 0 Å². The third-order valence-corrected chi connectivity index (χ3v) is 3.42. The van der Waals surface area contributed by atoms with Gasteiger partial charge in [0.25, 0.3) is 10.0 Å². The Morgan fingerprint density at radius 3 is 2.71 bits per heavy atom. The predicted octanol–water partition coefficient (Wildman–Crippen LogP) is -1.61. The molecular formula is C6H13N5O2S. The van der Waals surface area contributed by atoms with Gasteiger partial charge in [0.15, 0.2) is 0 Å². The van der Waals surface area contributed by atoms with E-state index in [1.165, 1.54) is 18.0 Å². The highest BCUT2D eigenvalue weighted by atomic mass is 32.2. The highest BCUT2D eigenvalue weighted by Gasteiger charge is 2.23. The minimum atomic E-state index is -3.52. The third kappa shape index (κ3) is 2.08. The van der Waals surface area contributed by atoms with Crippen LogP contribution in [0.5, 0.6) is 0 Å². The Labute approximate surface area is 82.5 Å². The van der Waals surface area contributed by atoms with Crippen molar-refractivity contribution in [3.63, 3.8) is 0 Å². The van der Waals surface area contributed by atoms with Crippen LogP contribution in [0.4, 0.5) is 0 Å². The predicted molar refractivity (Wildman–Crippen MR) is 49.9 cm³/mol. The van der Waals surface area contributed by atoms with Gasteiger partial charge in [0.2, 0.25) is 5.03 Å². The molecule has 0 amide bonds. The molecule has 0 atom stereocenters. The molecule has 8 heteroatoms. The number of nitrogens with two attached hydrogens (primary N) is 1. The molecule has 0 fully saturated rings. The van der Waals surface area contributed by atoms with Crippen LogP contribution >= 0.6 is 0 Å². The second-order valence-corrected chi connectivity index (χ2v) is 4.78. The van der Waals surface area contributed by atoms with Gasteiger partial charge in [-0.3, -0.25) is 0 Å². The summed E-state index contributed by atoms with van der Waals surface area (Å²) in [6.07, 6.45) is 1.21. The monoisotopic (exact) mass is 219 g/mol. The van der Waals surface area contributed by atoms with Crippen molar-refractivity contribution < 1.29 is 8.42 Å². The summed E-state index contributed by atoms with van der Waals surface area (Å²) >= 11 is 0. The van der Waals surface area contributed by atoms with Crippen LogP contribution in [0.15, 0.2) is 11.2 Å². The molecule has 1 heterocycles. The zero-order valence-electron chi connectivity index (χ0n) is 8.08. The molecule has 0 saturated heterocycles. The fraction of sp³-hybridized carbons (Fsp3) is 0.667. The number of aromatic nitrogens is 3.